The molecule has 0 spiro atoms. The largest absolute Gasteiger partial charge is 0.508 e. The summed E-state index contributed by atoms with van der Waals surface area (Å²) in [4.78, 5) is 135. The molecule has 0 aliphatic carbocycles. The minimum absolute atomic E-state index is 0.0978. The number of aliphatic hydroxyl groups is 6. The summed E-state index contributed by atoms with van der Waals surface area (Å²) in [6.45, 7) is 8.01. The SMILES string of the molecule is CNC(CC(C)C)C(=O)NC1C(=O)NC(CC(N)=O)C(=O)NC2C(=O)NC3C(=O)NC(C(=O)N[C@@H](C(=O)NN(C)C)c4cc(O)cc(O)c4-c4cc3ccc4O)C(O)c3ccc(c(Cl)c3)Oc3cc2cc(c3OC2OC(CO)C(O)C(O)C2OC2C[C@@](C)(NCCN3CCC(NC(=O)Cc4ccc(Cl)c(Cl)c4)CC3)C(O)C(C)O2)Oc2ccc(cc2Cl)C1O. The number of primary amides is 1. The molecule has 41 heteroatoms. The fourth-order valence-corrected chi connectivity index (χ4v) is 16.6. The molecule has 14 rings (SSSR count). The number of phenolic OH excluding ortho intramolecular Hbond substituents is 3. The number of likely N-dealkylation sites (tertiary alicyclic amines) is 1. The Morgan fingerprint density at radius 1 is 0.685 bits per heavy atom. The van der Waals surface area contributed by atoms with Crippen LogP contribution in [0.4, 0.5) is 0 Å². The van der Waals surface area contributed by atoms with E-state index >= 15 is 24.0 Å². The zero-order chi connectivity index (χ0) is 89.8. The van der Waals surface area contributed by atoms with E-state index in [9.17, 15) is 65.1 Å². The van der Waals surface area contributed by atoms with Crippen LogP contribution in [0.2, 0.25) is 20.1 Å². The Labute approximate surface area is 731 Å². The molecular weight excluding hydrogens is 1700 g/mol. The zero-order valence-corrected chi connectivity index (χ0v) is 71.1. The van der Waals surface area contributed by atoms with Crippen molar-refractivity contribution in [1.82, 2.24) is 63.2 Å². The van der Waals surface area contributed by atoms with E-state index < -0.39 is 226 Å². The number of fused-ring (bicyclic) bond motifs is 15. The van der Waals surface area contributed by atoms with Crippen molar-refractivity contribution in [1.29, 1.82) is 0 Å². The first kappa shape index (κ1) is 93.2. The van der Waals surface area contributed by atoms with Crippen molar-refractivity contribution in [2.75, 3.05) is 53.9 Å². The molecule has 8 aliphatic rings. The summed E-state index contributed by atoms with van der Waals surface area (Å²) in [7, 11) is 4.32. The number of hydrogen-bond donors (Lipinski definition) is 20. The number of carbonyl (C=O) groups excluding carboxylic acids is 9. The second kappa shape index (κ2) is 39.7. The molecule has 18 atom stereocenters. The summed E-state index contributed by atoms with van der Waals surface area (Å²) >= 11 is 26.7. The predicted octanol–water partition coefficient (Wildman–Crippen LogP) is 2.38. The summed E-state index contributed by atoms with van der Waals surface area (Å²) in [5.41, 5.74) is 5.40. The summed E-state index contributed by atoms with van der Waals surface area (Å²) in [5, 5.41) is 132. The fraction of sp³-hybridized carbons (Fsp3) is 0.458. The zero-order valence-electron chi connectivity index (χ0n) is 68.1. The Hall–Kier alpha value is -10.0. The number of nitrogens with one attached hydrogen (secondary N) is 10. The van der Waals surface area contributed by atoms with Gasteiger partial charge >= 0.3 is 0 Å². The highest BCUT2D eigenvalue weighted by Gasteiger charge is 2.52. The van der Waals surface area contributed by atoms with Crippen molar-refractivity contribution in [3.8, 4) is 57.1 Å². The number of nitrogens with two attached hydrogens (primary N) is 1. The highest BCUT2D eigenvalue weighted by molar-refractivity contribution is 6.42. The van der Waals surface area contributed by atoms with E-state index in [4.69, 9.17) is 80.6 Å². The van der Waals surface area contributed by atoms with Gasteiger partial charge in [0.1, 0.15) is 95.5 Å². The first-order valence-electron chi connectivity index (χ1n) is 39.9. The molecule has 21 N–H and O–H groups in total. The molecule has 11 bridgehead atoms. The molecule has 0 aromatic heterocycles. The number of hydrazine groups is 1. The maximum atomic E-state index is 16.3. The Kier molecular flexibility index (Phi) is 29.8. The van der Waals surface area contributed by atoms with Crippen molar-refractivity contribution >= 4 is 99.6 Å². The number of carbonyl (C=O) groups is 9. The van der Waals surface area contributed by atoms with Crippen LogP contribution in [-0.4, -0.2) is 248 Å². The first-order chi connectivity index (χ1) is 58.8. The molecule has 668 valence electrons. The van der Waals surface area contributed by atoms with Crippen LogP contribution in [0.1, 0.15) is 124 Å². The molecule has 3 fully saturated rings. The van der Waals surface area contributed by atoms with Crippen LogP contribution in [0.15, 0.2) is 97.1 Å². The van der Waals surface area contributed by atoms with Crippen molar-refractivity contribution in [2.45, 2.75) is 182 Å². The molecule has 3 saturated heterocycles. The number of aliphatic hydroxyl groups excluding tert-OH is 6. The number of ether oxygens (including phenoxy) is 6. The van der Waals surface area contributed by atoms with Crippen molar-refractivity contribution in [2.24, 2.45) is 11.7 Å². The second-order valence-electron chi connectivity index (χ2n) is 32.2. The molecule has 8 aliphatic heterocycles. The van der Waals surface area contributed by atoms with Crippen LogP contribution in [0.25, 0.3) is 11.1 Å². The number of rotatable bonds is 21. The molecule has 8 heterocycles. The molecule has 0 radical (unpaired) electrons. The number of benzene rings is 6. The van der Waals surface area contributed by atoms with Gasteiger partial charge in [0, 0.05) is 75.5 Å². The van der Waals surface area contributed by atoms with Gasteiger partial charge in [-0.2, -0.15) is 0 Å². The van der Waals surface area contributed by atoms with Gasteiger partial charge in [0.2, 0.25) is 59.3 Å². The smallest absolute Gasteiger partial charge is 0.261 e. The lowest BCUT2D eigenvalue weighted by atomic mass is 9.85. The fourth-order valence-electron chi connectivity index (χ4n) is 15.9. The molecule has 6 aromatic carbocycles. The summed E-state index contributed by atoms with van der Waals surface area (Å²) < 4.78 is 39.7. The molecule has 0 saturated carbocycles. The quantitative estimate of drug-likeness (QED) is 0.0460. The highest BCUT2D eigenvalue weighted by Crippen LogP contribution is 2.50. The number of nitrogens with zero attached hydrogens (tertiary/aromatic N) is 2. The number of piperidine rings is 1. The van der Waals surface area contributed by atoms with Crippen LogP contribution in [0, 0.1) is 5.92 Å². The standard InChI is InChI=1S/C83H99Cl4N13O24/c1-35(2)22-50(89-5)75(112)96-66-68(107)39-10-14-54(48(86)26-39)120-56-28-41-29-57(72(56)124-82-73(71(110)70(109)58(34-101)122-82)123-61-33-83(4,74(111)36(3)119-61)90-18-21-100-19-16-42(17-20-100)91-60(106)24-37-8-12-46(84)47(85)23-37)121-55-15-11-40(27-49(55)87)69(108)67-80(117)95-65(81(118)98-99(6)7)45-30-43(102)31-53(104)62(45)44-25-38(9-13-52(44)103)63(77(114)97-67)94-78(115)64(41)93-76(113)51(32-59(88)105)92-79(66)116/h8-15,23,25-31,35-36,42,50-51,58,61,63-71,73-74,82,89-90,101-104,107-111H,16-22,24,32-34H2,1-7H3,(H2,88,105)(H,91,106)(H,92,116)(H,93,113)(H,94,115)(H,95,117)(H,96,112)(H,97,114)(H,98,118)/t36?,50?,51?,58?,61?,63?,64?,65-,66?,67?,68?,69?,70?,71?,73?,74?,82?,83-/m1/s1. The minimum atomic E-state index is -2.36. The molecule has 16 unspecified atom stereocenters. The molecule has 9 amide bonds. The number of halogens is 4. The van der Waals surface area contributed by atoms with E-state index in [0.29, 0.717) is 54.6 Å². The van der Waals surface area contributed by atoms with E-state index in [1.54, 1.807) is 32.0 Å². The van der Waals surface area contributed by atoms with E-state index in [1.165, 1.54) is 44.4 Å². The summed E-state index contributed by atoms with van der Waals surface area (Å²) in [6, 6.07) is 5.16. The van der Waals surface area contributed by atoms with E-state index in [-0.39, 0.29) is 75.9 Å². The van der Waals surface area contributed by atoms with Gasteiger partial charge in [0.25, 0.3) is 5.91 Å². The third kappa shape index (κ3) is 21.4. The summed E-state index contributed by atoms with van der Waals surface area (Å²) in [6.07, 6.45) is -17.2. The van der Waals surface area contributed by atoms with E-state index in [1.807, 2.05) is 13.8 Å². The predicted molar refractivity (Wildman–Crippen MR) is 445 cm³/mol. The van der Waals surface area contributed by atoms with Crippen molar-refractivity contribution in [3.05, 3.63) is 151 Å². The summed E-state index contributed by atoms with van der Waals surface area (Å²) in [5.74, 6) is -15.0. The Bertz CT molecular complexity index is 5030. The highest BCUT2D eigenvalue weighted by atomic mass is 35.5. The molecule has 6 aromatic rings. The van der Waals surface area contributed by atoms with Crippen LogP contribution < -0.4 is 73.2 Å². The van der Waals surface area contributed by atoms with E-state index in [2.05, 4.69) is 58.2 Å². The normalized spacial score (nSPS) is 27.2. The molecule has 37 nitrogen and oxygen atoms in total. The third-order valence-corrected chi connectivity index (χ3v) is 23.7. The van der Waals surface area contributed by atoms with Gasteiger partial charge in [-0.3, -0.25) is 48.6 Å². The third-order valence-electron chi connectivity index (χ3n) is 22.3. The van der Waals surface area contributed by atoms with Gasteiger partial charge in [-0.25, -0.2) is 5.01 Å². The number of likely N-dealkylation sites (N-methyl/N-ethyl adjacent to an activating group) is 1. The number of amides is 9. The lowest BCUT2D eigenvalue weighted by molar-refractivity contribution is -0.334. The lowest BCUT2D eigenvalue weighted by Crippen LogP contribution is -2.66. The van der Waals surface area contributed by atoms with Gasteiger partial charge in [-0.05, 0) is 146 Å². The van der Waals surface area contributed by atoms with Gasteiger partial charge in [0.05, 0.1) is 57.8 Å². The lowest BCUT2D eigenvalue weighted by Gasteiger charge is -2.48. The number of phenols is 3. The monoisotopic (exact) mass is 1800 g/mol. The molecule has 124 heavy (non-hydrogen) atoms. The van der Waals surface area contributed by atoms with E-state index in [0.717, 1.165) is 60.7 Å². The maximum absolute atomic E-state index is 16.3. The topological polar surface area (TPSA) is 544 Å². The van der Waals surface area contributed by atoms with Crippen molar-refractivity contribution in [3.63, 3.8) is 0 Å². The average molecular weight is 1800 g/mol. The number of aromatic hydroxyl groups is 3. The second-order valence-corrected chi connectivity index (χ2v) is 33.8. The number of hydrogen-bond acceptors (Lipinski definition) is 28. The average Bonchev–Trinajstić information content (AvgIpc) is 0.763. The Balaban J connectivity index is 0.983. The van der Waals surface area contributed by atoms with Gasteiger partial charge in [-0.1, -0.05) is 84.5 Å². The van der Waals surface area contributed by atoms with Crippen LogP contribution in [0.3, 0.4) is 0 Å². The van der Waals surface area contributed by atoms with Gasteiger partial charge in [0.15, 0.2) is 23.9 Å². The van der Waals surface area contributed by atoms with Crippen LogP contribution in [0.5, 0.6) is 46.0 Å². The minimum Gasteiger partial charge on any atom is -0.508 e. The maximum Gasteiger partial charge on any atom is 0.261 e. The molecular formula is C83H99Cl4N13O24. The van der Waals surface area contributed by atoms with Crippen molar-refractivity contribution < 1.29 is 118 Å². The van der Waals surface area contributed by atoms with Gasteiger partial charge in [-0.15, -0.1) is 0 Å². The Morgan fingerprint density at radius 2 is 1.32 bits per heavy atom. The van der Waals surface area contributed by atoms with Crippen LogP contribution in [-0.2, 0) is 63.8 Å². The first-order valence-corrected chi connectivity index (χ1v) is 41.4. The Morgan fingerprint density at radius 3 is 1.94 bits per heavy atom. The van der Waals surface area contributed by atoms with Gasteiger partial charge < -0.3 is 133 Å². The van der Waals surface area contributed by atoms with Crippen LogP contribution >= 0.6 is 46.4 Å².